The zero-order valence-electron chi connectivity index (χ0n) is 8.86. The summed E-state index contributed by atoms with van der Waals surface area (Å²) in [5.74, 6) is 0.902. The first kappa shape index (κ1) is 12.8. The maximum Gasteiger partial charge on any atom is 0.227 e. The second-order valence-electron chi connectivity index (χ2n) is 3.93. The molecule has 17 heavy (non-hydrogen) atoms. The minimum Gasteiger partial charge on any atom is -0.395 e. The zero-order chi connectivity index (χ0) is 12.6. The van der Waals surface area contributed by atoms with Crippen LogP contribution in [0.4, 0.5) is 11.4 Å². The maximum atomic E-state index is 11.8. The molecule has 1 fully saturated rings. The fourth-order valence-corrected chi connectivity index (χ4v) is 2.51. The average Bonchev–Trinajstić information content (AvgIpc) is 2.65. The van der Waals surface area contributed by atoms with Crippen LogP contribution in [0.5, 0.6) is 0 Å². The van der Waals surface area contributed by atoms with Gasteiger partial charge in [-0.3, -0.25) is 4.79 Å². The summed E-state index contributed by atoms with van der Waals surface area (Å²) in [7, 11) is 0. The highest BCUT2D eigenvalue weighted by Crippen LogP contribution is 2.35. The van der Waals surface area contributed by atoms with Crippen molar-refractivity contribution >= 4 is 53.1 Å². The largest absolute Gasteiger partial charge is 0.395 e. The summed E-state index contributed by atoms with van der Waals surface area (Å²) in [6.07, 6.45) is 0.473. The molecular formula is C10H11Cl2N3OS. The summed E-state index contributed by atoms with van der Waals surface area (Å²) in [5, 5.41) is 0.343. The molecule has 1 aliphatic heterocycles. The number of carbonyl (C=O) groups excluding carboxylic acids is 1. The maximum absolute atomic E-state index is 11.8. The Morgan fingerprint density at radius 2 is 2.29 bits per heavy atom. The normalized spacial score (nSPS) is 20.1. The number of anilines is 2. The third kappa shape index (κ3) is 2.46. The third-order valence-corrected chi connectivity index (χ3v) is 3.71. The Balaban J connectivity index is 2.38. The van der Waals surface area contributed by atoms with Crippen molar-refractivity contribution in [3.05, 3.63) is 16.4 Å². The number of rotatable bonds is 2. The van der Waals surface area contributed by atoms with Gasteiger partial charge in [-0.15, -0.1) is 0 Å². The van der Waals surface area contributed by atoms with E-state index in [2.05, 4.69) is 17.6 Å². The summed E-state index contributed by atoms with van der Waals surface area (Å²) >= 11 is 15.9. The summed E-state index contributed by atoms with van der Waals surface area (Å²) < 4.78 is 0. The van der Waals surface area contributed by atoms with Gasteiger partial charge in [0.05, 0.1) is 11.4 Å². The summed E-state index contributed by atoms with van der Waals surface area (Å²) in [5.41, 5.74) is 6.63. The van der Waals surface area contributed by atoms with Crippen LogP contribution < -0.4 is 10.6 Å². The van der Waals surface area contributed by atoms with Crippen LogP contribution in [0, 0.1) is 5.92 Å². The van der Waals surface area contributed by atoms with E-state index in [4.69, 9.17) is 28.9 Å². The molecule has 2 heterocycles. The topological polar surface area (TPSA) is 59.2 Å². The van der Waals surface area contributed by atoms with E-state index in [9.17, 15) is 4.79 Å². The third-order valence-electron chi connectivity index (χ3n) is 2.71. The van der Waals surface area contributed by atoms with Gasteiger partial charge in [0.2, 0.25) is 5.91 Å². The molecule has 1 atom stereocenters. The Hall–Kier alpha value is -0.650. The van der Waals surface area contributed by atoms with Gasteiger partial charge in [0.25, 0.3) is 0 Å². The number of hydrogen-bond donors (Lipinski definition) is 2. The lowest BCUT2D eigenvalue weighted by molar-refractivity contribution is -0.117. The number of thiol groups is 1. The molecule has 1 amide bonds. The smallest absolute Gasteiger partial charge is 0.227 e. The summed E-state index contributed by atoms with van der Waals surface area (Å²) in [4.78, 5) is 17.3. The zero-order valence-corrected chi connectivity index (χ0v) is 11.3. The molecule has 2 N–H and O–H groups in total. The highest BCUT2D eigenvalue weighted by Gasteiger charge is 2.31. The number of nitrogen functional groups attached to an aromatic ring is 1. The first-order valence-electron chi connectivity index (χ1n) is 5.05. The number of nitrogens with zero attached hydrogens (tertiary/aromatic N) is 2. The standard InChI is InChI=1S/C10H11Cl2N3OS/c11-7-2-6(9(13)10(12)14-7)15-3-5(4-17)1-8(15)16/h2,5,17H,1,3-4,13H2. The van der Waals surface area contributed by atoms with Gasteiger partial charge >= 0.3 is 0 Å². The van der Waals surface area contributed by atoms with Crippen molar-refractivity contribution in [2.75, 3.05) is 22.9 Å². The van der Waals surface area contributed by atoms with Crippen LogP contribution >= 0.6 is 35.8 Å². The molecule has 0 radical (unpaired) electrons. The quantitative estimate of drug-likeness (QED) is 0.649. The van der Waals surface area contributed by atoms with Gasteiger partial charge < -0.3 is 10.6 Å². The first-order valence-corrected chi connectivity index (χ1v) is 6.44. The lowest BCUT2D eigenvalue weighted by Gasteiger charge is -2.19. The fourth-order valence-electron chi connectivity index (χ4n) is 1.84. The molecule has 1 unspecified atom stereocenters. The molecule has 0 bridgehead atoms. The second kappa shape index (κ2) is 4.92. The molecule has 4 nitrogen and oxygen atoms in total. The Kier molecular flexibility index (Phi) is 3.70. The van der Waals surface area contributed by atoms with Crippen LogP contribution in [0.2, 0.25) is 10.3 Å². The average molecular weight is 292 g/mol. The van der Waals surface area contributed by atoms with Gasteiger partial charge in [-0.25, -0.2) is 4.98 Å². The highest BCUT2D eigenvalue weighted by atomic mass is 35.5. The van der Waals surface area contributed by atoms with E-state index in [1.807, 2.05) is 0 Å². The summed E-state index contributed by atoms with van der Waals surface area (Å²) in [6, 6.07) is 1.56. The molecule has 0 saturated carbocycles. The Bertz CT molecular complexity index is 469. The van der Waals surface area contributed by atoms with Crippen LogP contribution in [0.3, 0.4) is 0 Å². The SMILES string of the molecule is Nc1c(N2CC(CS)CC2=O)cc(Cl)nc1Cl. The molecule has 1 aromatic heterocycles. The lowest BCUT2D eigenvalue weighted by atomic mass is 10.1. The van der Waals surface area contributed by atoms with Crippen LogP contribution in [-0.4, -0.2) is 23.2 Å². The van der Waals surface area contributed by atoms with Crippen molar-refractivity contribution in [1.82, 2.24) is 4.98 Å². The van der Waals surface area contributed by atoms with Crippen LogP contribution in [0.1, 0.15) is 6.42 Å². The van der Waals surface area contributed by atoms with Crippen molar-refractivity contribution in [2.45, 2.75) is 6.42 Å². The number of nitrogens with two attached hydrogens (primary N) is 1. The molecular weight excluding hydrogens is 281 g/mol. The monoisotopic (exact) mass is 291 g/mol. The highest BCUT2D eigenvalue weighted by molar-refractivity contribution is 7.80. The van der Waals surface area contributed by atoms with Crippen LogP contribution in [0.25, 0.3) is 0 Å². The molecule has 0 spiro atoms. The van der Waals surface area contributed by atoms with Crippen LogP contribution in [0.15, 0.2) is 6.07 Å². The predicted molar refractivity (Wildman–Crippen MR) is 73.0 cm³/mol. The fraction of sp³-hybridized carbons (Fsp3) is 0.400. The van der Waals surface area contributed by atoms with Crippen molar-refractivity contribution in [3.63, 3.8) is 0 Å². The number of hydrogen-bond acceptors (Lipinski definition) is 4. The number of pyridine rings is 1. The molecule has 1 aliphatic rings. The minimum absolute atomic E-state index is 0.00841. The first-order chi connectivity index (χ1) is 8.02. The number of carbonyl (C=O) groups is 1. The Morgan fingerprint density at radius 1 is 1.59 bits per heavy atom. The molecule has 7 heteroatoms. The van der Waals surface area contributed by atoms with Crippen molar-refractivity contribution in [1.29, 1.82) is 0 Å². The van der Waals surface area contributed by atoms with E-state index in [0.29, 0.717) is 24.4 Å². The molecule has 2 rings (SSSR count). The molecule has 1 aromatic rings. The van der Waals surface area contributed by atoms with Gasteiger partial charge in [0, 0.05) is 19.0 Å². The molecule has 0 aromatic carbocycles. The van der Waals surface area contributed by atoms with Crippen molar-refractivity contribution in [3.8, 4) is 0 Å². The predicted octanol–water partition coefficient (Wildman–Crippen LogP) is 2.25. The van der Waals surface area contributed by atoms with Gasteiger partial charge in [0.1, 0.15) is 5.15 Å². The Morgan fingerprint density at radius 3 is 2.88 bits per heavy atom. The van der Waals surface area contributed by atoms with Crippen LogP contribution in [-0.2, 0) is 4.79 Å². The number of halogens is 2. The van der Waals surface area contributed by atoms with E-state index >= 15 is 0 Å². The van der Waals surface area contributed by atoms with Gasteiger partial charge in [-0.2, -0.15) is 12.6 Å². The number of amides is 1. The second-order valence-corrected chi connectivity index (χ2v) is 5.04. The molecule has 92 valence electrons. The molecule has 0 aliphatic carbocycles. The van der Waals surface area contributed by atoms with E-state index in [-0.39, 0.29) is 27.8 Å². The van der Waals surface area contributed by atoms with E-state index in [0.717, 1.165) is 0 Å². The minimum atomic E-state index is 0.00841. The molecule has 1 saturated heterocycles. The number of aromatic nitrogens is 1. The van der Waals surface area contributed by atoms with E-state index in [1.54, 1.807) is 11.0 Å². The Labute approximate surface area is 114 Å². The van der Waals surface area contributed by atoms with Gasteiger partial charge in [-0.1, -0.05) is 23.2 Å². The van der Waals surface area contributed by atoms with E-state index in [1.165, 1.54) is 0 Å². The summed E-state index contributed by atoms with van der Waals surface area (Å²) in [6.45, 7) is 0.587. The van der Waals surface area contributed by atoms with Crippen molar-refractivity contribution < 1.29 is 4.79 Å². The lowest BCUT2D eigenvalue weighted by Crippen LogP contribution is -2.25. The van der Waals surface area contributed by atoms with Gasteiger partial charge in [0.15, 0.2) is 5.15 Å². The van der Waals surface area contributed by atoms with E-state index < -0.39 is 0 Å². The van der Waals surface area contributed by atoms with Gasteiger partial charge in [-0.05, 0) is 11.7 Å². The van der Waals surface area contributed by atoms with Crippen molar-refractivity contribution in [2.24, 2.45) is 5.92 Å².